The minimum Gasteiger partial charge on any atom is -0.300 e. The normalized spacial score (nSPS) is 10.8. The van der Waals surface area contributed by atoms with Gasteiger partial charge >= 0.3 is 0 Å². The van der Waals surface area contributed by atoms with Crippen LogP contribution in [-0.4, -0.2) is 5.78 Å². The van der Waals surface area contributed by atoms with Crippen LogP contribution in [0.4, 0.5) is 0 Å². The summed E-state index contributed by atoms with van der Waals surface area (Å²) in [6.07, 6.45) is 21.4. The lowest BCUT2D eigenvalue weighted by Gasteiger charge is -2.04. The van der Waals surface area contributed by atoms with Crippen molar-refractivity contribution in [2.45, 2.75) is 103 Å². The van der Waals surface area contributed by atoms with E-state index in [4.69, 9.17) is 0 Å². The van der Waals surface area contributed by atoms with E-state index in [9.17, 15) is 4.79 Å². The lowest BCUT2D eigenvalue weighted by Crippen LogP contribution is -1.96. The lowest BCUT2D eigenvalue weighted by molar-refractivity contribution is -0.119. The molecule has 0 saturated carbocycles. The summed E-state index contributed by atoms with van der Waals surface area (Å²) in [5.41, 5.74) is 1.48. The first kappa shape index (κ1) is 22.7. The molecule has 1 nitrogen and oxygen atoms in total. The van der Waals surface area contributed by atoms with Crippen molar-refractivity contribution in [3.05, 3.63) is 48.6 Å². The highest BCUT2D eigenvalue weighted by atomic mass is 16.1. The molecule has 0 radical (unpaired) electrons. The van der Waals surface area contributed by atoms with E-state index in [0.717, 1.165) is 19.3 Å². The topological polar surface area (TPSA) is 17.1 Å². The van der Waals surface area contributed by atoms with Crippen LogP contribution in [0.3, 0.4) is 0 Å². The van der Waals surface area contributed by atoms with Gasteiger partial charge in [-0.25, -0.2) is 0 Å². The Labute approximate surface area is 162 Å². The molecule has 1 aromatic rings. The number of Topliss-reactive ketones (excluding diaryl/α,β-unsaturated/α-hetero) is 1. The van der Waals surface area contributed by atoms with E-state index in [1.165, 1.54) is 82.6 Å². The molecule has 1 rings (SSSR count). The fourth-order valence-corrected chi connectivity index (χ4v) is 3.45. The Morgan fingerprint density at radius 3 is 1.73 bits per heavy atom. The molecule has 26 heavy (non-hydrogen) atoms. The first-order valence-corrected chi connectivity index (χ1v) is 11.0. The van der Waals surface area contributed by atoms with E-state index in [1.54, 1.807) is 0 Å². The van der Waals surface area contributed by atoms with Gasteiger partial charge in [0.2, 0.25) is 0 Å². The molecule has 0 aliphatic heterocycles. The highest BCUT2D eigenvalue weighted by Crippen LogP contribution is 2.14. The van der Waals surface area contributed by atoms with Crippen molar-refractivity contribution in [3.63, 3.8) is 0 Å². The van der Waals surface area contributed by atoms with Gasteiger partial charge in [0.15, 0.2) is 0 Å². The van der Waals surface area contributed by atoms with Crippen molar-refractivity contribution in [2.24, 2.45) is 0 Å². The van der Waals surface area contributed by atoms with Crippen molar-refractivity contribution < 1.29 is 4.79 Å². The summed E-state index contributed by atoms with van der Waals surface area (Å²) in [6, 6.07) is 10.8. The summed E-state index contributed by atoms with van der Waals surface area (Å²) < 4.78 is 0. The zero-order valence-electron chi connectivity index (χ0n) is 16.9. The molecule has 0 N–H and O–H groups in total. The predicted octanol–water partition coefficient (Wildman–Crippen LogP) is 7.84. The summed E-state index contributed by atoms with van der Waals surface area (Å²) in [5, 5.41) is 0. The largest absolute Gasteiger partial charge is 0.300 e. The second-order valence-electron chi connectivity index (χ2n) is 7.59. The van der Waals surface area contributed by atoms with Crippen LogP contribution in [0.1, 0.15) is 102 Å². The smallest absolute Gasteiger partial charge is 0.133 e. The van der Waals surface area contributed by atoms with Crippen molar-refractivity contribution in [1.29, 1.82) is 0 Å². The Kier molecular flexibility index (Phi) is 14.9. The molecular formula is C25H40O. The standard InChI is InChI=1S/C25H40O/c1-2-3-22-25(26)23-18-13-11-9-7-5-4-6-8-10-12-15-19-24-20-16-14-17-21-24/h2,14,16-17,20-21H,1,3-13,15,18-19,22-23H2. The number of carbonyl (C=O) groups excluding carboxylic acids is 1. The Morgan fingerprint density at radius 1 is 0.692 bits per heavy atom. The fourth-order valence-electron chi connectivity index (χ4n) is 3.45. The Hall–Kier alpha value is -1.37. The SMILES string of the molecule is C=CCCC(=O)CCCCCCCCCCCCCCc1ccccc1. The summed E-state index contributed by atoms with van der Waals surface area (Å²) in [6.45, 7) is 3.66. The molecule has 0 unspecified atom stereocenters. The number of unbranched alkanes of at least 4 members (excludes halogenated alkanes) is 11. The molecule has 0 aliphatic rings. The highest BCUT2D eigenvalue weighted by Gasteiger charge is 2.00. The van der Waals surface area contributed by atoms with Crippen LogP contribution in [0.2, 0.25) is 0 Å². The van der Waals surface area contributed by atoms with E-state index in [2.05, 4.69) is 36.9 Å². The van der Waals surface area contributed by atoms with E-state index in [0.29, 0.717) is 12.2 Å². The van der Waals surface area contributed by atoms with E-state index < -0.39 is 0 Å². The number of rotatable bonds is 18. The number of allylic oxidation sites excluding steroid dienone is 1. The third kappa shape index (κ3) is 13.9. The van der Waals surface area contributed by atoms with Gasteiger partial charge in [0.25, 0.3) is 0 Å². The molecule has 0 aliphatic carbocycles. The monoisotopic (exact) mass is 356 g/mol. The summed E-state index contributed by atoms with van der Waals surface area (Å²) >= 11 is 0. The molecule has 0 heterocycles. The molecule has 0 saturated heterocycles. The molecule has 0 atom stereocenters. The Bertz CT molecular complexity index is 448. The minimum absolute atomic E-state index is 0.411. The maximum atomic E-state index is 11.5. The third-order valence-corrected chi connectivity index (χ3v) is 5.14. The quantitative estimate of drug-likeness (QED) is 0.193. The van der Waals surface area contributed by atoms with Crippen LogP contribution in [0.5, 0.6) is 0 Å². The Morgan fingerprint density at radius 2 is 1.19 bits per heavy atom. The molecule has 0 bridgehead atoms. The second kappa shape index (κ2) is 17.1. The molecule has 0 fully saturated rings. The van der Waals surface area contributed by atoms with Gasteiger partial charge < -0.3 is 0 Å². The fraction of sp³-hybridized carbons (Fsp3) is 0.640. The molecule has 0 amide bonds. The van der Waals surface area contributed by atoms with Crippen LogP contribution in [0, 0.1) is 0 Å². The van der Waals surface area contributed by atoms with Crippen molar-refractivity contribution in [1.82, 2.24) is 0 Å². The third-order valence-electron chi connectivity index (χ3n) is 5.14. The molecule has 0 spiro atoms. The number of ketones is 1. The summed E-state index contributed by atoms with van der Waals surface area (Å²) in [4.78, 5) is 11.5. The van der Waals surface area contributed by atoms with Crippen molar-refractivity contribution >= 4 is 5.78 Å². The van der Waals surface area contributed by atoms with Crippen LogP contribution in [0.25, 0.3) is 0 Å². The molecular weight excluding hydrogens is 316 g/mol. The van der Waals surface area contributed by atoms with Gasteiger partial charge in [0.1, 0.15) is 5.78 Å². The number of benzene rings is 1. The van der Waals surface area contributed by atoms with Crippen LogP contribution in [0.15, 0.2) is 43.0 Å². The zero-order valence-corrected chi connectivity index (χ0v) is 16.9. The van der Waals surface area contributed by atoms with Gasteiger partial charge in [-0.3, -0.25) is 4.79 Å². The van der Waals surface area contributed by atoms with Gasteiger partial charge in [0, 0.05) is 12.8 Å². The zero-order chi connectivity index (χ0) is 18.7. The number of carbonyl (C=O) groups is 1. The predicted molar refractivity (Wildman–Crippen MR) is 115 cm³/mol. The number of hydrogen-bond acceptors (Lipinski definition) is 1. The molecule has 1 aromatic carbocycles. The second-order valence-corrected chi connectivity index (χ2v) is 7.59. The Balaban J connectivity index is 1.74. The summed E-state index contributed by atoms with van der Waals surface area (Å²) in [5.74, 6) is 0.411. The summed E-state index contributed by atoms with van der Waals surface area (Å²) in [7, 11) is 0. The highest BCUT2D eigenvalue weighted by molar-refractivity contribution is 5.78. The molecule has 146 valence electrons. The lowest BCUT2D eigenvalue weighted by atomic mass is 10.0. The van der Waals surface area contributed by atoms with Crippen LogP contribution in [-0.2, 0) is 11.2 Å². The minimum atomic E-state index is 0.411. The van der Waals surface area contributed by atoms with E-state index in [-0.39, 0.29) is 0 Å². The van der Waals surface area contributed by atoms with Crippen molar-refractivity contribution in [3.8, 4) is 0 Å². The first-order chi connectivity index (χ1) is 12.8. The van der Waals surface area contributed by atoms with Gasteiger partial charge in [-0.2, -0.15) is 0 Å². The van der Waals surface area contributed by atoms with Crippen molar-refractivity contribution in [2.75, 3.05) is 0 Å². The van der Waals surface area contributed by atoms with E-state index >= 15 is 0 Å². The average molecular weight is 357 g/mol. The van der Waals surface area contributed by atoms with E-state index in [1.807, 2.05) is 6.08 Å². The van der Waals surface area contributed by atoms with Crippen LogP contribution >= 0.6 is 0 Å². The van der Waals surface area contributed by atoms with Gasteiger partial charge in [0.05, 0.1) is 0 Å². The maximum Gasteiger partial charge on any atom is 0.133 e. The first-order valence-electron chi connectivity index (χ1n) is 11.0. The van der Waals surface area contributed by atoms with Gasteiger partial charge in [-0.05, 0) is 31.2 Å². The van der Waals surface area contributed by atoms with Gasteiger partial charge in [-0.15, -0.1) is 6.58 Å². The van der Waals surface area contributed by atoms with Crippen LogP contribution < -0.4 is 0 Å². The number of aryl methyl sites for hydroxylation is 1. The maximum absolute atomic E-state index is 11.5. The molecule has 1 heteroatoms. The average Bonchev–Trinajstić information content (AvgIpc) is 2.67. The molecule has 0 aromatic heterocycles. The van der Waals surface area contributed by atoms with Gasteiger partial charge in [-0.1, -0.05) is 101 Å². The number of hydrogen-bond donors (Lipinski definition) is 0.